The second-order valence-corrected chi connectivity index (χ2v) is 5.49. The van der Waals surface area contributed by atoms with E-state index in [-0.39, 0.29) is 5.91 Å². The first-order valence-corrected chi connectivity index (χ1v) is 7.43. The monoisotopic (exact) mass is 298 g/mol. The molecule has 0 fully saturated rings. The molecule has 2 aromatic rings. The van der Waals surface area contributed by atoms with E-state index in [1.54, 1.807) is 24.3 Å². The van der Waals surface area contributed by atoms with Crippen molar-refractivity contribution < 1.29 is 9.53 Å². The topological polar surface area (TPSA) is 64.3 Å². The number of carbonyl (C=O) groups is 1. The number of hydrogen-bond acceptors (Lipinski definition) is 3. The second-order valence-electron chi connectivity index (χ2n) is 5.49. The van der Waals surface area contributed by atoms with Crippen LogP contribution in [-0.4, -0.2) is 12.5 Å². The molecule has 2 aromatic carbocycles. The number of nitrogens with two attached hydrogens (primary N) is 1. The Morgan fingerprint density at radius 3 is 2.32 bits per heavy atom. The van der Waals surface area contributed by atoms with Gasteiger partial charge in [0.1, 0.15) is 5.75 Å². The van der Waals surface area contributed by atoms with Gasteiger partial charge in [0, 0.05) is 11.4 Å². The first-order valence-electron chi connectivity index (χ1n) is 7.43. The average Bonchev–Trinajstić information content (AvgIpc) is 2.50. The summed E-state index contributed by atoms with van der Waals surface area (Å²) < 4.78 is 5.59. The van der Waals surface area contributed by atoms with Crippen LogP contribution in [-0.2, 0) is 4.79 Å². The molecular formula is C18H22N2O2. The van der Waals surface area contributed by atoms with Gasteiger partial charge < -0.3 is 15.8 Å². The molecule has 0 aliphatic heterocycles. The molecule has 0 aliphatic carbocycles. The summed E-state index contributed by atoms with van der Waals surface area (Å²) in [6.45, 7) is 4.65. The van der Waals surface area contributed by atoms with E-state index in [9.17, 15) is 4.79 Å². The smallest absolute Gasteiger partial charge is 0.227 e. The van der Waals surface area contributed by atoms with Gasteiger partial charge in [-0.2, -0.15) is 0 Å². The van der Waals surface area contributed by atoms with Gasteiger partial charge in [-0.05, 0) is 47.9 Å². The van der Waals surface area contributed by atoms with Crippen LogP contribution in [0.25, 0.3) is 0 Å². The SMILES string of the molecule is CC(C)c1ccc(OCCC(=O)Nc2ccc(N)cc2)cc1. The molecule has 0 heterocycles. The molecule has 0 saturated carbocycles. The van der Waals surface area contributed by atoms with Crippen LogP contribution in [0.4, 0.5) is 11.4 Å². The Labute approximate surface area is 131 Å². The molecule has 3 N–H and O–H groups in total. The van der Waals surface area contributed by atoms with E-state index in [1.165, 1.54) is 5.56 Å². The van der Waals surface area contributed by atoms with E-state index in [4.69, 9.17) is 10.5 Å². The van der Waals surface area contributed by atoms with Crippen molar-refractivity contribution in [3.63, 3.8) is 0 Å². The van der Waals surface area contributed by atoms with Crippen LogP contribution in [0.5, 0.6) is 5.75 Å². The van der Waals surface area contributed by atoms with Crippen LogP contribution in [0.2, 0.25) is 0 Å². The molecule has 4 nitrogen and oxygen atoms in total. The number of amides is 1. The van der Waals surface area contributed by atoms with E-state index in [0.717, 1.165) is 11.4 Å². The maximum Gasteiger partial charge on any atom is 0.227 e. The number of nitrogens with one attached hydrogen (secondary N) is 1. The minimum Gasteiger partial charge on any atom is -0.493 e. The molecule has 0 spiro atoms. The lowest BCUT2D eigenvalue weighted by atomic mass is 10.0. The average molecular weight is 298 g/mol. The lowest BCUT2D eigenvalue weighted by Gasteiger charge is -2.09. The Morgan fingerprint density at radius 2 is 1.73 bits per heavy atom. The summed E-state index contributed by atoms with van der Waals surface area (Å²) in [6, 6.07) is 15.0. The Bertz CT molecular complexity index is 604. The Hall–Kier alpha value is -2.49. The number of anilines is 2. The zero-order valence-corrected chi connectivity index (χ0v) is 13.0. The van der Waals surface area contributed by atoms with Gasteiger partial charge in [-0.15, -0.1) is 0 Å². The van der Waals surface area contributed by atoms with Crippen molar-refractivity contribution in [2.45, 2.75) is 26.2 Å². The lowest BCUT2D eigenvalue weighted by molar-refractivity contribution is -0.116. The van der Waals surface area contributed by atoms with E-state index < -0.39 is 0 Å². The van der Waals surface area contributed by atoms with Crippen LogP contribution in [0.1, 0.15) is 31.7 Å². The third-order valence-electron chi connectivity index (χ3n) is 3.34. The van der Waals surface area contributed by atoms with Gasteiger partial charge in [0.2, 0.25) is 5.91 Å². The largest absolute Gasteiger partial charge is 0.493 e. The normalized spacial score (nSPS) is 10.5. The highest BCUT2D eigenvalue weighted by Gasteiger charge is 2.04. The first kappa shape index (κ1) is 15.9. The Morgan fingerprint density at radius 1 is 1.09 bits per heavy atom. The molecule has 0 saturated heterocycles. The number of carbonyl (C=O) groups excluding carboxylic acids is 1. The van der Waals surface area contributed by atoms with E-state index in [1.807, 2.05) is 12.1 Å². The van der Waals surface area contributed by atoms with Gasteiger partial charge in [-0.1, -0.05) is 26.0 Å². The van der Waals surface area contributed by atoms with Gasteiger partial charge in [0.25, 0.3) is 0 Å². The standard InChI is InChI=1S/C18H22N2O2/c1-13(2)14-3-9-17(10-4-14)22-12-11-18(21)20-16-7-5-15(19)6-8-16/h3-10,13H,11-12,19H2,1-2H3,(H,20,21). The highest BCUT2D eigenvalue weighted by atomic mass is 16.5. The number of ether oxygens (including phenoxy) is 1. The lowest BCUT2D eigenvalue weighted by Crippen LogP contribution is -2.15. The molecule has 0 unspecified atom stereocenters. The van der Waals surface area contributed by atoms with Crippen molar-refractivity contribution in [2.75, 3.05) is 17.7 Å². The molecular weight excluding hydrogens is 276 g/mol. The molecule has 0 radical (unpaired) electrons. The molecule has 0 aromatic heterocycles. The van der Waals surface area contributed by atoms with Crippen LogP contribution >= 0.6 is 0 Å². The molecule has 4 heteroatoms. The van der Waals surface area contributed by atoms with Crippen molar-refractivity contribution in [3.8, 4) is 5.75 Å². The summed E-state index contributed by atoms with van der Waals surface area (Å²) in [5.74, 6) is 1.20. The summed E-state index contributed by atoms with van der Waals surface area (Å²) in [7, 11) is 0. The summed E-state index contributed by atoms with van der Waals surface area (Å²) in [4.78, 5) is 11.8. The number of benzene rings is 2. The molecule has 116 valence electrons. The van der Waals surface area contributed by atoms with Gasteiger partial charge in [-0.3, -0.25) is 4.79 Å². The van der Waals surface area contributed by atoms with Crippen LogP contribution < -0.4 is 15.8 Å². The quantitative estimate of drug-likeness (QED) is 0.797. The van der Waals surface area contributed by atoms with Crippen LogP contribution in [0.3, 0.4) is 0 Å². The van der Waals surface area contributed by atoms with Crippen molar-refractivity contribution in [2.24, 2.45) is 0 Å². The molecule has 0 aliphatic rings. The fourth-order valence-corrected chi connectivity index (χ4v) is 2.00. The predicted octanol–water partition coefficient (Wildman–Crippen LogP) is 3.80. The maximum atomic E-state index is 11.8. The highest BCUT2D eigenvalue weighted by Crippen LogP contribution is 2.18. The van der Waals surface area contributed by atoms with Gasteiger partial charge in [0.15, 0.2) is 0 Å². The summed E-state index contributed by atoms with van der Waals surface area (Å²) >= 11 is 0. The van der Waals surface area contributed by atoms with Crippen LogP contribution in [0.15, 0.2) is 48.5 Å². The zero-order chi connectivity index (χ0) is 15.9. The summed E-state index contributed by atoms with van der Waals surface area (Å²) in [5.41, 5.74) is 8.28. The summed E-state index contributed by atoms with van der Waals surface area (Å²) in [6.07, 6.45) is 0.302. The van der Waals surface area contributed by atoms with Gasteiger partial charge in [-0.25, -0.2) is 0 Å². The van der Waals surface area contributed by atoms with Crippen molar-refractivity contribution in [1.82, 2.24) is 0 Å². The molecule has 2 rings (SSSR count). The van der Waals surface area contributed by atoms with E-state index >= 15 is 0 Å². The third kappa shape index (κ3) is 4.81. The number of rotatable bonds is 6. The van der Waals surface area contributed by atoms with E-state index in [0.29, 0.717) is 24.6 Å². The molecule has 1 amide bonds. The van der Waals surface area contributed by atoms with E-state index in [2.05, 4.69) is 31.3 Å². The predicted molar refractivity (Wildman–Crippen MR) is 90.1 cm³/mol. The first-order chi connectivity index (χ1) is 10.5. The molecule has 0 atom stereocenters. The maximum absolute atomic E-state index is 11.8. The van der Waals surface area contributed by atoms with Crippen molar-refractivity contribution >= 4 is 17.3 Å². The van der Waals surface area contributed by atoms with Crippen molar-refractivity contribution in [3.05, 3.63) is 54.1 Å². The number of nitrogen functional groups attached to an aromatic ring is 1. The summed E-state index contributed by atoms with van der Waals surface area (Å²) in [5, 5.41) is 2.80. The Balaban J connectivity index is 1.75. The fourth-order valence-electron chi connectivity index (χ4n) is 2.00. The minimum absolute atomic E-state index is 0.0800. The fraction of sp³-hybridized carbons (Fsp3) is 0.278. The Kier molecular flexibility index (Phi) is 5.42. The second kappa shape index (κ2) is 7.50. The molecule has 22 heavy (non-hydrogen) atoms. The van der Waals surface area contributed by atoms with Gasteiger partial charge >= 0.3 is 0 Å². The van der Waals surface area contributed by atoms with Gasteiger partial charge in [0.05, 0.1) is 13.0 Å². The minimum atomic E-state index is -0.0800. The number of hydrogen-bond donors (Lipinski definition) is 2. The zero-order valence-electron chi connectivity index (χ0n) is 13.0. The van der Waals surface area contributed by atoms with Crippen molar-refractivity contribution in [1.29, 1.82) is 0 Å². The molecule has 0 bridgehead atoms. The van der Waals surface area contributed by atoms with Crippen LogP contribution in [0, 0.1) is 0 Å². The highest BCUT2D eigenvalue weighted by molar-refractivity contribution is 5.90. The third-order valence-corrected chi connectivity index (χ3v) is 3.34.